The molecule has 0 saturated carbocycles. The predicted molar refractivity (Wildman–Crippen MR) is 79.4 cm³/mol. The molecule has 2 rings (SSSR count). The normalized spacial score (nSPS) is 17.7. The number of amides is 1. The number of benzene rings is 1. The van der Waals surface area contributed by atoms with Crippen molar-refractivity contribution in [3.05, 3.63) is 29.8 Å². The third-order valence-corrected chi connectivity index (χ3v) is 3.87. The molecule has 1 heterocycles. The topological polar surface area (TPSA) is 32.3 Å². The van der Waals surface area contributed by atoms with Crippen molar-refractivity contribution in [2.45, 2.75) is 32.6 Å². The lowest BCUT2D eigenvalue weighted by atomic mass is 9.89. The van der Waals surface area contributed by atoms with E-state index >= 15 is 0 Å². The average Bonchev–Trinajstić information content (AvgIpc) is 2.39. The summed E-state index contributed by atoms with van der Waals surface area (Å²) in [5, 5.41) is 2.98. The Morgan fingerprint density at radius 1 is 1.32 bits per heavy atom. The van der Waals surface area contributed by atoms with Crippen molar-refractivity contribution < 1.29 is 4.79 Å². The molecule has 1 aromatic rings. The number of carbonyl (C=O) groups is 1. The summed E-state index contributed by atoms with van der Waals surface area (Å²) in [6.07, 6.45) is 2.41. The van der Waals surface area contributed by atoms with E-state index in [1.165, 1.54) is 18.4 Å². The monoisotopic (exact) mass is 260 g/mol. The number of nitrogens with one attached hydrogen (secondary N) is 1. The predicted octanol–water partition coefficient (Wildman–Crippen LogP) is 3.09. The fraction of sp³-hybridized carbons (Fsp3) is 0.562. The van der Waals surface area contributed by atoms with Gasteiger partial charge in [-0.3, -0.25) is 4.79 Å². The summed E-state index contributed by atoms with van der Waals surface area (Å²) in [6.45, 7) is 6.15. The lowest BCUT2D eigenvalue weighted by Gasteiger charge is -2.29. The van der Waals surface area contributed by atoms with Crippen LogP contribution in [0.1, 0.15) is 38.2 Å². The first kappa shape index (κ1) is 14.1. The van der Waals surface area contributed by atoms with Crippen LogP contribution in [-0.2, 0) is 4.79 Å². The molecule has 104 valence electrons. The molecule has 0 atom stereocenters. The van der Waals surface area contributed by atoms with Gasteiger partial charge in [0.2, 0.25) is 5.91 Å². The smallest absolute Gasteiger partial charge is 0.226 e. The summed E-state index contributed by atoms with van der Waals surface area (Å²) >= 11 is 0. The zero-order chi connectivity index (χ0) is 13.8. The Labute approximate surface area is 116 Å². The highest BCUT2D eigenvalue weighted by Gasteiger charge is 2.18. The van der Waals surface area contributed by atoms with E-state index in [4.69, 9.17) is 0 Å². The summed E-state index contributed by atoms with van der Waals surface area (Å²) in [7, 11) is 2.18. The van der Waals surface area contributed by atoms with Crippen molar-refractivity contribution in [2.75, 3.05) is 25.5 Å². The first-order valence-electron chi connectivity index (χ1n) is 7.15. The van der Waals surface area contributed by atoms with Gasteiger partial charge in [0.15, 0.2) is 0 Å². The lowest BCUT2D eigenvalue weighted by Crippen LogP contribution is -2.29. The summed E-state index contributed by atoms with van der Waals surface area (Å²) < 4.78 is 0. The molecule has 3 heteroatoms. The molecule has 0 aromatic heterocycles. The number of carbonyl (C=O) groups excluding carboxylic acids is 1. The number of nitrogens with zero attached hydrogens (tertiary/aromatic N) is 1. The van der Waals surface area contributed by atoms with Crippen LogP contribution in [0.25, 0.3) is 0 Å². The van der Waals surface area contributed by atoms with Crippen LogP contribution >= 0.6 is 0 Å². The first-order valence-corrected chi connectivity index (χ1v) is 7.15. The zero-order valence-corrected chi connectivity index (χ0v) is 12.1. The lowest BCUT2D eigenvalue weighted by molar-refractivity contribution is -0.118. The van der Waals surface area contributed by atoms with E-state index in [0.717, 1.165) is 18.8 Å². The van der Waals surface area contributed by atoms with E-state index in [1.807, 2.05) is 26.0 Å². The third kappa shape index (κ3) is 3.80. The van der Waals surface area contributed by atoms with Crippen molar-refractivity contribution in [2.24, 2.45) is 5.92 Å². The summed E-state index contributed by atoms with van der Waals surface area (Å²) in [4.78, 5) is 14.1. The Morgan fingerprint density at radius 2 is 2.00 bits per heavy atom. The highest BCUT2D eigenvalue weighted by molar-refractivity contribution is 5.92. The van der Waals surface area contributed by atoms with Gasteiger partial charge in [-0.1, -0.05) is 26.0 Å². The second-order valence-electron chi connectivity index (χ2n) is 5.85. The molecule has 1 N–H and O–H groups in total. The van der Waals surface area contributed by atoms with Crippen LogP contribution in [0.4, 0.5) is 5.69 Å². The summed E-state index contributed by atoms with van der Waals surface area (Å²) in [5.74, 6) is 0.736. The molecule has 1 aliphatic heterocycles. The molecule has 1 aromatic carbocycles. The Morgan fingerprint density at radius 3 is 2.63 bits per heavy atom. The molecular formula is C16H24N2O. The van der Waals surface area contributed by atoms with E-state index in [0.29, 0.717) is 5.92 Å². The quantitative estimate of drug-likeness (QED) is 0.905. The molecule has 0 unspecified atom stereocenters. The van der Waals surface area contributed by atoms with Gasteiger partial charge >= 0.3 is 0 Å². The fourth-order valence-electron chi connectivity index (χ4n) is 2.50. The van der Waals surface area contributed by atoms with E-state index < -0.39 is 0 Å². The molecule has 3 nitrogen and oxygen atoms in total. The van der Waals surface area contributed by atoms with Crippen molar-refractivity contribution in [1.82, 2.24) is 4.90 Å². The van der Waals surface area contributed by atoms with Crippen LogP contribution in [0, 0.1) is 5.92 Å². The molecule has 19 heavy (non-hydrogen) atoms. The van der Waals surface area contributed by atoms with Crippen LogP contribution in [0.15, 0.2) is 24.3 Å². The Hall–Kier alpha value is -1.35. The van der Waals surface area contributed by atoms with Crippen molar-refractivity contribution >= 4 is 11.6 Å². The maximum Gasteiger partial charge on any atom is 0.226 e. The van der Waals surface area contributed by atoms with E-state index in [1.54, 1.807) is 0 Å². The van der Waals surface area contributed by atoms with Gasteiger partial charge < -0.3 is 10.2 Å². The minimum absolute atomic E-state index is 0.0204. The van der Waals surface area contributed by atoms with Gasteiger partial charge in [0.1, 0.15) is 0 Å². The minimum Gasteiger partial charge on any atom is -0.326 e. The maximum atomic E-state index is 11.7. The van der Waals surface area contributed by atoms with Gasteiger partial charge in [0, 0.05) is 11.6 Å². The number of hydrogen-bond acceptors (Lipinski definition) is 2. The molecule has 1 fully saturated rings. The Bertz CT molecular complexity index is 434. The van der Waals surface area contributed by atoms with Gasteiger partial charge in [-0.2, -0.15) is 0 Å². The zero-order valence-electron chi connectivity index (χ0n) is 12.1. The standard InChI is InChI=1S/C16H24N2O/c1-12(2)16(19)17-15-6-4-5-14(11-15)13-7-9-18(3)10-8-13/h4-6,11-13H,7-10H2,1-3H3,(H,17,19). The van der Waals surface area contributed by atoms with Crippen molar-refractivity contribution in [3.8, 4) is 0 Å². The van der Waals surface area contributed by atoms with Crippen LogP contribution in [0.3, 0.4) is 0 Å². The minimum atomic E-state index is 0.0204. The van der Waals surface area contributed by atoms with Crippen LogP contribution in [0.2, 0.25) is 0 Å². The van der Waals surface area contributed by atoms with Crippen molar-refractivity contribution in [3.63, 3.8) is 0 Å². The van der Waals surface area contributed by atoms with Gasteiger partial charge in [-0.15, -0.1) is 0 Å². The van der Waals surface area contributed by atoms with Crippen LogP contribution < -0.4 is 5.32 Å². The van der Waals surface area contributed by atoms with Crippen LogP contribution in [-0.4, -0.2) is 30.9 Å². The largest absolute Gasteiger partial charge is 0.326 e. The Balaban J connectivity index is 2.04. The first-order chi connectivity index (χ1) is 9.06. The molecular weight excluding hydrogens is 236 g/mol. The Kier molecular flexibility index (Phi) is 4.59. The molecule has 1 amide bonds. The number of anilines is 1. The third-order valence-electron chi connectivity index (χ3n) is 3.87. The maximum absolute atomic E-state index is 11.7. The number of likely N-dealkylation sites (tertiary alicyclic amines) is 1. The summed E-state index contributed by atoms with van der Waals surface area (Å²) in [6, 6.07) is 8.33. The molecule has 0 spiro atoms. The average molecular weight is 260 g/mol. The SMILES string of the molecule is CC(C)C(=O)Nc1cccc(C2CCN(C)CC2)c1. The molecule has 1 aliphatic rings. The van der Waals surface area contributed by atoms with Crippen LogP contribution in [0.5, 0.6) is 0 Å². The van der Waals surface area contributed by atoms with Gasteiger partial charge in [-0.25, -0.2) is 0 Å². The van der Waals surface area contributed by atoms with Gasteiger partial charge in [0.25, 0.3) is 0 Å². The summed E-state index contributed by atoms with van der Waals surface area (Å²) in [5.41, 5.74) is 2.28. The van der Waals surface area contributed by atoms with Crippen molar-refractivity contribution in [1.29, 1.82) is 0 Å². The highest BCUT2D eigenvalue weighted by atomic mass is 16.1. The second-order valence-corrected chi connectivity index (χ2v) is 5.85. The fourth-order valence-corrected chi connectivity index (χ4v) is 2.50. The molecule has 0 bridgehead atoms. The molecule has 0 radical (unpaired) electrons. The van der Waals surface area contributed by atoms with Gasteiger partial charge in [-0.05, 0) is 56.6 Å². The number of hydrogen-bond donors (Lipinski definition) is 1. The van der Waals surface area contributed by atoms with Gasteiger partial charge in [0.05, 0.1) is 0 Å². The highest BCUT2D eigenvalue weighted by Crippen LogP contribution is 2.29. The second kappa shape index (κ2) is 6.20. The van der Waals surface area contributed by atoms with E-state index in [2.05, 4.69) is 29.4 Å². The molecule has 0 aliphatic carbocycles. The number of piperidine rings is 1. The number of rotatable bonds is 3. The van der Waals surface area contributed by atoms with E-state index in [-0.39, 0.29) is 11.8 Å². The molecule has 1 saturated heterocycles. The van der Waals surface area contributed by atoms with E-state index in [9.17, 15) is 4.79 Å².